The number of nitrogens with one attached hydrogen (secondary N) is 2. The second-order valence-electron chi connectivity index (χ2n) is 19.6. The molecule has 1 aliphatic carbocycles. The summed E-state index contributed by atoms with van der Waals surface area (Å²) in [5, 5.41) is 6.24. The number of anilines is 2. The van der Waals surface area contributed by atoms with Gasteiger partial charge in [0, 0.05) is 72.2 Å². The molecule has 0 spiro atoms. The second kappa shape index (κ2) is 27.9. The molecule has 0 fully saturated rings. The molecule has 0 saturated heterocycles. The summed E-state index contributed by atoms with van der Waals surface area (Å²) in [5.41, 5.74) is 11.6. The van der Waals surface area contributed by atoms with Gasteiger partial charge < -0.3 is 39.1 Å². The van der Waals surface area contributed by atoms with Gasteiger partial charge in [0.1, 0.15) is 49.4 Å². The molecule has 0 radical (unpaired) electrons. The standard InChI is InChI=1S/C68H66N2O10/c1-3-75-63(73)33-31-61(71)69-59-39-55-35-51-27-17-29-53(65(51)77-43-47-19-9-5-10-20-47)37-57-41-60(70-62(72)32-34-64(74)76-4-2)42-58(68(57)80-46-50-25-15-8-16-26-50)38-54-30-18-28-52(66(54)78-44-48-21-11-6-12-22-48)36-56(40-59)67(55)79-45-49-23-13-7-14-24-49/h5-30,39-42H,3-4,31-38,43-46H2,1-2H3,(H,69,71)(H,70,72). The van der Waals surface area contributed by atoms with Crippen LogP contribution >= 0.6 is 0 Å². The lowest BCUT2D eigenvalue weighted by atomic mass is 9.90. The summed E-state index contributed by atoms with van der Waals surface area (Å²) < 4.78 is 38.4. The number of carbonyl (C=O) groups excluding carboxylic acids is 4. The molecular weight excluding hydrogens is 1000 g/mol. The summed E-state index contributed by atoms with van der Waals surface area (Å²) in [6.07, 6.45) is 1.01. The number of amides is 2. The average Bonchev–Trinajstić information content (AvgIpc) is 3.48. The minimum atomic E-state index is -0.444. The number of esters is 2. The highest BCUT2D eigenvalue weighted by Crippen LogP contribution is 2.42. The van der Waals surface area contributed by atoms with E-state index in [1.165, 1.54) is 0 Å². The lowest BCUT2D eigenvalue weighted by molar-refractivity contribution is -0.144. The molecule has 1 aliphatic rings. The summed E-state index contributed by atoms with van der Waals surface area (Å²) in [5.74, 6) is 1.05. The van der Waals surface area contributed by atoms with Crippen LogP contribution in [-0.4, -0.2) is 37.0 Å². The van der Waals surface area contributed by atoms with Crippen molar-refractivity contribution in [2.24, 2.45) is 0 Å². The molecule has 12 nitrogen and oxygen atoms in total. The van der Waals surface area contributed by atoms with Crippen molar-refractivity contribution in [2.45, 2.75) is 91.6 Å². The number of ether oxygens (including phenoxy) is 6. The quantitative estimate of drug-likeness (QED) is 0.0629. The van der Waals surface area contributed by atoms with Gasteiger partial charge in [-0.2, -0.15) is 0 Å². The molecule has 9 rings (SSSR count). The summed E-state index contributed by atoms with van der Waals surface area (Å²) in [7, 11) is 0. The molecule has 0 atom stereocenters. The third-order valence-corrected chi connectivity index (χ3v) is 13.6. The van der Waals surface area contributed by atoms with Crippen LogP contribution in [0.2, 0.25) is 0 Å². The van der Waals surface area contributed by atoms with Crippen molar-refractivity contribution in [3.63, 3.8) is 0 Å². The van der Waals surface area contributed by atoms with Crippen LogP contribution in [0.25, 0.3) is 0 Å². The van der Waals surface area contributed by atoms with Crippen LogP contribution in [0.15, 0.2) is 182 Å². The fraction of sp³-hybridized carbons (Fsp3) is 0.235. The van der Waals surface area contributed by atoms with E-state index in [2.05, 4.69) is 34.9 Å². The van der Waals surface area contributed by atoms with Crippen molar-refractivity contribution in [1.82, 2.24) is 0 Å². The van der Waals surface area contributed by atoms with Gasteiger partial charge in [-0.05, 0) is 82.6 Å². The molecule has 0 saturated carbocycles. The Bertz CT molecular complexity index is 3070. The smallest absolute Gasteiger partial charge is 0.306 e. The zero-order valence-corrected chi connectivity index (χ0v) is 45.3. The Hall–Kier alpha value is -9.16. The largest absolute Gasteiger partial charge is 0.488 e. The fourth-order valence-electron chi connectivity index (χ4n) is 9.84. The average molecular weight is 1070 g/mol. The van der Waals surface area contributed by atoms with E-state index in [1.54, 1.807) is 13.8 Å². The van der Waals surface area contributed by atoms with Gasteiger partial charge in [-0.1, -0.05) is 158 Å². The topological polar surface area (TPSA) is 148 Å². The summed E-state index contributed by atoms with van der Waals surface area (Å²) in [6, 6.07) is 60.0. The number of para-hydroxylation sites is 2. The van der Waals surface area contributed by atoms with Crippen LogP contribution in [0.3, 0.4) is 0 Å². The highest BCUT2D eigenvalue weighted by molar-refractivity contribution is 5.94. The van der Waals surface area contributed by atoms with Gasteiger partial charge >= 0.3 is 11.9 Å². The Morgan fingerprint density at radius 3 is 0.863 bits per heavy atom. The predicted molar refractivity (Wildman–Crippen MR) is 309 cm³/mol. The first-order chi connectivity index (χ1) is 39.2. The van der Waals surface area contributed by atoms with Crippen molar-refractivity contribution in [3.8, 4) is 23.0 Å². The maximum absolute atomic E-state index is 13.8. The van der Waals surface area contributed by atoms with Gasteiger partial charge in [0.05, 0.1) is 26.1 Å². The van der Waals surface area contributed by atoms with Gasteiger partial charge in [-0.25, -0.2) is 0 Å². The number of fused-ring (bicyclic) bond motifs is 8. The minimum absolute atomic E-state index is 0.0636. The highest BCUT2D eigenvalue weighted by Gasteiger charge is 2.25. The Kier molecular flexibility index (Phi) is 19.4. The molecule has 0 aliphatic heterocycles. The molecule has 80 heavy (non-hydrogen) atoms. The zero-order valence-electron chi connectivity index (χ0n) is 45.3. The first-order valence-corrected chi connectivity index (χ1v) is 27.3. The first-order valence-electron chi connectivity index (χ1n) is 27.3. The number of benzene rings is 8. The lowest BCUT2D eigenvalue weighted by Crippen LogP contribution is -2.16. The predicted octanol–water partition coefficient (Wildman–Crippen LogP) is 13.2. The van der Waals surface area contributed by atoms with Gasteiger partial charge in [0.2, 0.25) is 11.8 Å². The molecule has 0 aromatic heterocycles. The SMILES string of the molecule is CCOC(=O)CCC(=O)Nc1cc2c(OCc3ccccc3)c(c1)Cc1cccc(c1OCc1ccccc1)Cc1cc(NC(=O)CCC(=O)OCC)cc(c1OCc1ccccc1)Cc1cccc(c1OCc1ccccc1)C2. The number of hydrogen-bond acceptors (Lipinski definition) is 10. The summed E-state index contributed by atoms with van der Waals surface area (Å²) in [6.45, 7) is 5.00. The van der Waals surface area contributed by atoms with Gasteiger partial charge in [-0.3, -0.25) is 19.2 Å². The Morgan fingerprint density at radius 2 is 0.600 bits per heavy atom. The monoisotopic (exact) mass is 1070 g/mol. The third kappa shape index (κ3) is 15.5. The van der Waals surface area contributed by atoms with Crippen LogP contribution in [0.1, 0.15) is 106 Å². The second-order valence-corrected chi connectivity index (χ2v) is 19.6. The van der Waals surface area contributed by atoms with Crippen LogP contribution in [-0.2, 0) is 80.8 Å². The van der Waals surface area contributed by atoms with Crippen molar-refractivity contribution < 1.29 is 47.6 Å². The Balaban J connectivity index is 1.25. The van der Waals surface area contributed by atoms with E-state index in [-0.39, 0.29) is 77.1 Å². The zero-order chi connectivity index (χ0) is 55.5. The van der Waals surface area contributed by atoms with Crippen molar-refractivity contribution >= 4 is 35.1 Å². The van der Waals surface area contributed by atoms with Crippen LogP contribution < -0.4 is 29.6 Å². The number of carbonyl (C=O) groups is 4. The van der Waals surface area contributed by atoms with Crippen LogP contribution in [0.5, 0.6) is 23.0 Å². The fourth-order valence-corrected chi connectivity index (χ4v) is 9.84. The third-order valence-electron chi connectivity index (χ3n) is 13.6. The minimum Gasteiger partial charge on any atom is -0.488 e. The molecule has 8 aromatic rings. The normalized spacial score (nSPS) is 11.6. The Morgan fingerprint density at radius 1 is 0.338 bits per heavy atom. The summed E-state index contributed by atoms with van der Waals surface area (Å²) in [4.78, 5) is 52.4. The molecule has 12 heteroatoms. The van der Waals surface area contributed by atoms with Crippen LogP contribution in [0.4, 0.5) is 11.4 Å². The maximum atomic E-state index is 13.8. The van der Waals surface area contributed by atoms with Crippen molar-refractivity contribution in [1.29, 1.82) is 0 Å². The van der Waals surface area contributed by atoms with Crippen LogP contribution in [0, 0.1) is 0 Å². The van der Waals surface area contributed by atoms with Crippen molar-refractivity contribution in [2.75, 3.05) is 23.8 Å². The highest BCUT2D eigenvalue weighted by atomic mass is 16.5. The molecule has 0 heterocycles. The van der Waals surface area contributed by atoms with E-state index in [9.17, 15) is 19.2 Å². The van der Waals surface area contributed by atoms with E-state index in [0.717, 1.165) is 66.8 Å². The molecule has 8 bridgehead atoms. The first kappa shape index (κ1) is 55.6. The lowest BCUT2D eigenvalue weighted by Gasteiger charge is -2.24. The molecule has 0 unspecified atom stereocenters. The molecule has 2 N–H and O–H groups in total. The Labute approximate surface area is 468 Å². The van der Waals surface area contributed by atoms with Gasteiger partial charge in [-0.15, -0.1) is 0 Å². The van der Waals surface area contributed by atoms with E-state index >= 15 is 0 Å². The van der Waals surface area contributed by atoms with Gasteiger partial charge in [0.15, 0.2) is 0 Å². The van der Waals surface area contributed by atoms with Crippen molar-refractivity contribution in [3.05, 3.63) is 249 Å². The summed E-state index contributed by atoms with van der Waals surface area (Å²) >= 11 is 0. The van der Waals surface area contributed by atoms with Gasteiger partial charge in [0.25, 0.3) is 0 Å². The molecule has 408 valence electrons. The van der Waals surface area contributed by atoms with E-state index < -0.39 is 11.9 Å². The van der Waals surface area contributed by atoms with E-state index in [4.69, 9.17) is 28.4 Å². The van der Waals surface area contributed by atoms with E-state index in [1.807, 2.05) is 158 Å². The molecule has 2 amide bonds. The number of hydrogen-bond donors (Lipinski definition) is 2. The maximum Gasteiger partial charge on any atom is 0.306 e. The molecular formula is C68H66N2O10. The van der Waals surface area contributed by atoms with E-state index in [0.29, 0.717) is 60.1 Å². The molecule has 8 aromatic carbocycles. The number of rotatable bonds is 22.